The molecule has 3 aliphatic heterocycles. The highest BCUT2D eigenvalue weighted by atomic mass is 16.5. The fourth-order valence-corrected chi connectivity index (χ4v) is 5.57. The van der Waals surface area contributed by atoms with E-state index in [2.05, 4.69) is 21.4 Å². The smallest absolute Gasteiger partial charge is 0.328 e. The fourth-order valence-electron chi connectivity index (χ4n) is 5.57. The van der Waals surface area contributed by atoms with Crippen molar-refractivity contribution in [2.24, 2.45) is 11.8 Å². The number of anilines is 2. The van der Waals surface area contributed by atoms with E-state index in [0.717, 1.165) is 24.0 Å². The topological polar surface area (TPSA) is 138 Å². The number of pyridine rings is 2. The third-order valence-electron chi connectivity index (χ3n) is 7.83. The Kier molecular flexibility index (Phi) is 7.86. The molecule has 2 fully saturated rings. The summed E-state index contributed by atoms with van der Waals surface area (Å²) < 4.78 is 11.0. The number of ether oxygens (including phenoxy) is 2. The maximum atomic E-state index is 13.4. The summed E-state index contributed by atoms with van der Waals surface area (Å²) in [6.45, 7) is 4.38. The predicted octanol–water partition coefficient (Wildman–Crippen LogP) is 2.72. The van der Waals surface area contributed by atoms with Gasteiger partial charge in [0.15, 0.2) is 6.29 Å². The van der Waals surface area contributed by atoms with Crippen LogP contribution in [0.3, 0.4) is 0 Å². The standard InChI is InChI=1S/C28H32N6O5/c1-17-5-7-33(27(17)36)13-20-8-18-4-3-6-34(26(18)31-23(20)14-35)28(37)32-25-10-19(22(11-29)12-30-25)9-21-15-39-16-24(21)38-2/h8,10,12,14,17,21,24H,3-7,9,13,15-16H2,1-2H3,(H,30,32,37)/t17-,21-,24-/m1/s1. The SMILES string of the molecule is CO[C@@H]1COC[C@H]1Cc1cc(NC(=O)N2CCCc3cc(CN4CC[C@@H](C)C4=O)c(C=O)nc32)ncc1C#N. The maximum Gasteiger partial charge on any atom is 0.328 e. The normalized spacial score (nSPS) is 22.5. The van der Waals surface area contributed by atoms with Crippen LogP contribution in [0.2, 0.25) is 0 Å². The van der Waals surface area contributed by atoms with E-state index in [4.69, 9.17) is 9.47 Å². The van der Waals surface area contributed by atoms with Crippen LogP contribution >= 0.6 is 0 Å². The Morgan fingerprint density at radius 2 is 2.15 bits per heavy atom. The van der Waals surface area contributed by atoms with Crippen LogP contribution < -0.4 is 10.2 Å². The van der Waals surface area contributed by atoms with Gasteiger partial charge in [0.05, 0.1) is 24.9 Å². The van der Waals surface area contributed by atoms with Crippen LogP contribution in [0.4, 0.5) is 16.4 Å². The van der Waals surface area contributed by atoms with Crippen LogP contribution in [0.1, 0.15) is 52.5 Å². The summed E-state index contributed by atoms with van der Waals surface area (Å²) in [7, 11) is 1.64. The minimum absolute atomic E-state index is 0.0151. The fraction of sp³-hybridized carbons (Fsp3) is 0.500. The molecule has 0 radical (unpaired) electrons. The van der Waals surface area contributed by atoms with Gasteiger partial charge in [0.2, 0.25) is 5.91 Å². The predicted molar refractivity (Wildman–Crippen MR) is 141 cm³/mol. The molecule has 0 aliphatic carbocycles. The summed E-state index contributed by atoms with van der Waals surface area (Å²) in [5.74, 6) is 0.923. The molecule has 2 aromatic heterocycles. The number of aromatic nitrogens is 2. The molecular weight excluding hydrogens is 500 g/mol. The number of hydrogen-bond donors (Lipinski definition) is 1. The molecule has 3 aliphatic rings. The monoisotopic (exact) mass is 532 g/mol. The van der Waals surface area contributed by atoms with Gasteiger partial charge < -0.3 is 14.4 Å². The molecule has 0 aromatic carbocycles. The Morgan fingerprint density at radius 1 is 1.31 bits per heavy atom. The van der Waals surface area contributed by atoms with Crippen LogP contribution in [0.25, 0.3) is 0 Å². The molecule has 2 aromatic rings. The minimum Gasteiger partial charge on any atom is -0.379 e. The first kappa shape index (κ1) is 26.7. The lowest BCUT2D eigenvalue weighted by Crippen LogP contribution is -2.40. The van der Waals surface area contributed by atoms with E-state index in [1.165, 1.54) is 11.1 Å². The molecule has 3 atom stereocenters. The number of methoxy groups -OCH3 is 1. The lowest BCUT2D eigenvalue weighted by Gasteiger charge is -2.29. The molecule has 11 nitrogen and oxygen atoms in total. The molecule has 11 heteroatoms. The second-order valence-electron chi connectivity index (χ2n) is 10.4. The largest absolute Gasteiger partial charge is 0.379 e. The highest BCUT2D eigenvalue weighted by Crippen LogP contribution is 2.30. The summed E-state index contributed by atoms with van der Waals surface area (Å²) in [4.78, 5) is 49.9. The first-order valence-corrected chi connectivity index (χ1v) is 13.3. The second kappa shape index (κ2) is 11.5. The van der Waals surface area contributed by atoms with Gasteiger partial charge in [0.1, 0.15) is 23.4 Å². The van der Waals surface area contributed by atoms with Crippen molar-refractivity contribution in [3.8, 4) is 6.07 Å². The quantitative estimate of drug-likeness (QED) is 0.538. The summed E-state index contributed by atoms with van der Waals surface area (Å²) >= 11 is 0. The van der Waals surface area contributed by atoms with Crippen molar-refractivity contribution in [2.75, 3.05) is 43.6 Å². The number of amides is 3. The van der Waals surface area contributed by atoms with Gasteiger partial charge in [0, 0.05) is 50.3 Å². The van der Waals surface area contributed by atoms with Crippen molar-refractivity contribution >= 4 is 29.9 Å². The van der Waals surface area contributed by atoms with Crippen LogP contribution in [0.15, 0.2) is 18.3 Å². The first-order valence-electron chi connectivity index (χ1n) is 13.3. The van der Waals surface area contributed by atoms with Gasteiger partial charge >= 0.3 is 6.03 Å². The van der Waals surface area contributed by atoms with E-state index in [9.17, 15) is 19.6 Å². The van der Waals surface area contributed by atoms with Gasteiger partial charge in [-0.2, -0.15) is 5.26 Å². The Hall–Kier alpha value is -3.88. The Balaban J connectivity index is 1.35. The maximum absolute atomic E-state index is 13.4. The molecule has 204 valence electrons. The Labute approximate surface area is 227 Å². The zero-order chi connectivity index (χ0) is 27.5. The molecule has 5 heterocycles. The molecule has 3 amide bonds. The molecule has 39 heavy (non-hydrogen) atoms. The molecule has 1 N–H and O–H groups in total. The van der Waals surface area contributed by atoms with Crippen LogP contribution in [-0.4, -0.2) is 72.6 Å². The van der Waals surface area contributed by atoms with Crippen molar-refractivity contribution in [2.45, 2.75) is 45.3 Å². The number of rotatable bonds is 7. The second-order valence-corrected chi connectivity index (χ2v) is 10.4. The number of carbonyl (C=O) groups is 3. The van der Waals surface area contributed by atoms with Crippen LogP contribution in [-0.2, 0) is 33.7 Å². The van der Waals surface area contributed by atoms with Gasteiger partial charge in [-0.15, -0.1) is 0 Å². The van der Waals surface area contributed by atoms with E-state index < -0.39 is 6.03 Å². The highest BCUT2D eigenvalue weighted by Gasteiger charge is 2.31. The number of hydrogen-bond acceptors (Lipinski definition) is 8. The van der Waals surface area contributed by atoms with Crippen molar-refractivity contribution in [3.63, 3.8) is 0 Å². The number of nitrogens with zero attached hydrogens (tertiary/aromatic N) is 5. The highest BCUT2D eigenvalue weighted by molar-refractivity contribution is 6.01. The Morgan fingerprint density at radius 3 is 2.87 bits per heavy atom. The first-order chi connectivity index (χ1) is 18.9. The lowest BCUT2D eigenvalue weighted by atomic mass is 9.94. The van der Waals surface area contributed by atoms with E-state index in [-0.39, 0.29) is 29.5 Å². The van der Waals surface area contributed by atoms with Crippen molar-refractivity contribution in [1.29, 1.82) is 5.26 Å². The van der Waals surface area contributed by atoms with E-state index in [1.807, 2.05) is 13.0 Å². The van der Waals surface area contributed by atoms with E-state index >= 15 is 0 Å². The minimum atomic E-state index is -0.418. The number of urea groups is 1. The summed E-state index contributed by atoms with van der Waals surface area (Å²) in [6.07, 6.45) is 4.89. The average Bonchev–Trinajstić information content (AvgIpc) is 3.53. The summed E-state index contributed by atoms with van der Waals surface area (Å²) in [5, 5.41) is 12.4. The number of likely N-dealkylation sites (tertiary alicyclic amines) is 1. The molecule has 5 rings (SSSR count). The Bertz CT molecular complexity index is 1320. The van der Waals surface area contributed by atoms with Gasteiger partial charge in [-0.05, 0) is 48.9 Å². The van der Waals surface area contributed by atoms with Crippen LogP contribution in [0, 0.1) is 23.2 Å². The third kappa shape index (κ3) is 5.48. The number of carbonyl (C=O) groups excluding carboxylic acids is 3. The molecule has 2 saturated heterocycles. The number of nitriles is 1. The van der Waals surface area contributed by atoms with E-state index in [1.54, 1.807) is 18.1 Å². The zero-order valence-electron chi connectivity index (χ0n) is 22.2. The third-order valence-corrected chi connectivity index (χ3v) is 7.83. The van der Waals surface area contributed by atoms with Crippen LogP contribution in [0.5, 0.6) is 0 Å². The molecule has 0 unspecified atom stereocenters. The van der Waals surface area contributed by atoms with Gasteiger partial charge in [-0.25, -0.2) is 14.8 Å². The average molecular weight is 533 g/mol. The molecule has 0 spiro atoms. The van der Waals surface area contributed by atoms with Crippen molar-refractivity contribution in [1.82, 2.24) is 14.9 Å². The van der Waals surface area contributed by atoms with Crippen molar-refractivity contribution < 1.29 is 23.9 Å². The molecular formula is C28H32N6O5. The molecule has 0 bridgehead atoms. The van der Waals surface area contributed by atoms with Gasteiger partial charge in [0.25, 0.3) is 0 Å². The summed E-state index contributed by atoms with van der Waals surface area (Å²) in [5.41, 5.74) is 2.98. The van der Waals surface area contributed by atoms with E-state index in [0.29, 0.717) is 74.7 Å². The number of nitrogens with one attached hydrogen (secondary N) is 1. The van der Waals surface area contributed by atoms with Gasteiger partial charge in [-0.1, -0.05) is 6.92 Å². The number of fused-ring (bicyclic) bond motifs is 1. The lowest BCUT2D eigenvalue weighted by molar-refractivity contribution is -0.131. The van der Waals surface area contributed by atoms with Crippen molar-refractivity contribution in [3.05, 3.63) is 46.3 Å². The number of aryl methyl sites for hydroxylation is 1. The number of aldehydes is 1. The van der Waals surface area contributed by atoms with Gasteiger partial charge in [-0.3, -0.25) is 19.8 Å². The summed E-state index contributed by atoms with van der Waals surface area (Å²) in [6, 6.07) is 5.37. The zero-order valence-corrected chi connectivity index (χ0v) is 22.2. The molecule has 0 saturated carbocycles.